The van der Waals surface area contributed by atoms with E-state index in [4.69, 9.17) is 0 Å². The molecular formula is C13H26F3NO. The lowest BCUT2D eigenvalue weighted by Crippen LogP contribution is -2.35. The van der Waals surface area contributed by atoms with E-state index in [1.807, 2.05) is 0 Å². The zero-order valence-corrected chi connectivity index (χ0v) is 11.9. The van der Waals surface area contributed by atoms with E-state index in [0.717, 1.165) is 19.4 Å². The van der Waals surface area contributed by atoms with E-state index in [1.54, 1.807) is 0 Å². The summed E-state index contributed by atoms with van der Waals surface area (Å²) in [5, 5.41) is 3.38. The number of nitrogens with one attached hydrogen (secondary N) is 1. The van der Waals surface area contributed by atoms with Crippen molar-refractivity contribution in [1.82, 2.24) is 5.32 Å². The zero-order valence-electron chi connectivity index (χ0n) is 11.9. The van der Waals surface area contributed by atoms with Crippen molar-refractivity contribution in [2.45, 2.75) is 59.2 Å². The highest BCUT2D eigenvalue weighted by Crippen LogP contribution is 2.26. The highest BCUT2D eigenvalue weighted by molar-refractivity contribution is 4.76. The van der Waals surface area contributed by atoms with Gasteiger partial charge in [0.1, 0.15) is 6.61 Å². The third-order valence-corrected chi connectivity index (χ3v) is 3.13. The summed E-state index contributed by atoms with van der Waals surface area (Å²) in [6, 6.07) is 0.428. The molecule has 18 heavy (non-hydrogen) atoms. The molecule has 1 N–H and O–H groups in total. The van der Waals surface area contributed by atoms with Gasteiger partial charge >= 0.3 is 6.18 Å². The Bertz CT molecular complexity index is 219. The zero-order chi connectivity index (χ0) is 14.2. The summed E-state index contributed by atoms with van der Waals surface area (Å²) in [6.07, 6.45) is -1.67. The van der Waals surface area contributed by atoms with Gasteiger partial charge in [0.2, 0.25) is 0 Å². The number of halogens is 3. The predicted octanol–water partition coefficient (Wildman–Crippen LogP) is 3.76. The van der Waals surface area contributed by atoms with E-state index in [9.17, 15) is 13.2 Å². The monoisotopic (exact) mass is 269 g/mol. The minimum absolute atomic E-state index is 0.131. The van der Waals surface area contributed by atoms with Crippen LogP contribution in [0.15, 0.2) is 0 Å². The average Bonchev–Trinajstić information content (AvgIpc) is 2.24. The number of hydrogen-bond donors (Lipinski definition) is 1. The van der Waals surface area contributed by atoms with Crippen LogP contribution in [0.4, 0.5) is 13.2 Å². The van der Waals surface area contributed by atoms with Gasteiger partial charge in [-0.25, -0.2) is 0 Å². The van der Waals surface area contributed by atoms with E-state index >= 15 is 0 Å². The van der Waals surface area contributed by atoms with Gasteiger partial charge in [-0.15, -0.1) is 0 Å². The molecule has 0 aliphatic carbocycles. The fourth-order valence-electron chi connectivity index (χ4n) is 1.63. The predicted molar refractivity (Wildman–Crippen MR) is 67.6 cm³/mol. The molecule has 2 nitrogen and oxygen atoms in total. The van der Waals surface area contributed by atoms with Crippen molar-refractivity contribution in [3.05, 3.63) is 0 Å². The number of alkyl halides is 3. The minimum atomic E-state index is -4.22. The molecule has 0 aromatic heterocycles. The van der Waals surface area contributed by atoms with Crippen molar-refractivity contribution >= 4 is 0 Å². The molecule has 1 atom stereocenters. The SMILES string of the molecule is CCC(C)(CCCOCC(F)(F)F)CNC(C)C. The Morgan fingerprint density at radius 2 is 1.83 bits per heavy atom. The van der Waals surface area contributed by atoms with Gasteiger partial charge in [0.05, 0.1) is 0 Å². The van der Waals surface area contributed by atoms with Gasteiger partial charge in [0.25, 0.3) is 0 Å². The van der Waals surface area contributed by atoms with Gasteiger partial charge in [0, 0.05) is 19.2 Å². The molecule has 0 amide bonds. The van der Waals surface area contributed by atoms with Gasteiger partial charge in [-0.05, 0) is 24.7 Å². The largest absolute Gasteiger partial charge is 0.411 e. The van der Waals surface area contributed by atoms with Crippen molar-refractivity contribution in [2.24, 2.45) is 5.41 Å². The highest BCUT2D eigenvalue weighted by Gasteiger charge is 2.27. The Balaban J connectivity index is 3.79. The van der Waals surface area contributed by atoms with Gasteiger partial charge in [-0.3, -0.25) is 0 Å². The summed E-state index contributed by atoms with van der Waals surface area (Å²) >= 11 is 0. The van der Waals surface area contributed by atoms with Crippen molar-refractivity contribution in [3.63, 3.8) is 0 Å². The third-order valence-electron chi connectivity index (χ3n) is 3.13. The second-order valence-electron chi connectivity index (χ2n) is 5.47. The van der Waals surface area contributed by atoms with Crippen LogP contribution in [0.25, 0.3) is 0 Å². The second-order valence-corrected chi connectivity index (χ2v) is 5.47. The lowest BCUT2D eigenvalue weighted by atomic mass is 9.82. The molecule has 0 spiro atoms. The van der Waals surface area contributed by atoms with Crippen LogP contribution in [0.5, 0.6) is 0 Å². The Labute approximate surface area is 108 Å². The fourth-order valence-corrected chi connectivity index (χ4v) is 1.63. The number of ether oxygens (including phenoxy) is 1. The van der Waals surface area contributed by atoms with Crippen molar-refractivity contribution in [3.8, 4) is 0 Å². The quantitative estimate of drug-likeness (QED) is 0.643. The third kappa shape index (κ3) is 9.71. The van der Waals surface area contributed by atoms with Crippen LogP contribution in [0.2, 0.25) is 0 Å². The molecule has 1 unspecified atom stereocenters. The normalized spacial score (nSPS) is 16.0. The number of rotatable bonds is 9. The first-order valence-corrected chi connectivity index (χ1v) is 6.56. The topological polar surface area (TPSA) is 21.3 Å². The molecule has 0 rings (SSSR count). The van der Waals surface area contributed by atoms with E-state index < -0.39 is 12.8 Å². The average molecular weight is 269 g/mol. The maximum atomic E-state index is 11.9. The molecule has 0 aromatic carbocycles. The molecule has 0 saturated carbocycles. The number of hydrogen-bond acceptors (Lipinski definition) is 2. The van der Waals surface area contributed by atoms with Crippen LogP contribution in [0, 0.1) is 5.41 Å². The molecule has 110 valence electrons. The molecule has 0 fully saturated rings. The second kappa shape index (κ2) is 8.00. The molecule has 5 heteroatoms. The van der Waals surface area contributed by atoms with Gasteiger partial charge < -0.3 is 10.1 Å². The van der Waals surface area contributed by atoms with Crippen molar-refractivity contribution in [2.75, 3.05) is 19.8 Å². The lowest BCUT2D eigenvalue weighted by molar-refractivity contribution is -0.174. The van der Waals surface area contributed by atoms with Crippen molar-refractivity contribution in [1.29, 1.82) is 0 Å². The Kier molecular flexibility index (Phi) is 7.87. The summed E-state index contributed by atoms with van der Waals surface area (Å²) in [5.74, 6) is 0. The summed E-state index contributed by atoms with van der Waals surface area (Å²) in [6.45, 7) is 8.37. The van der Waals surface area contributed by atoms with E-state index in [1.165, 1.54) is 0 Å². The molecule has 0 aromatic rings. The molecule has 0 radical (unpaired) electrons. The molecule has 0 aliphatic rings. The van der Waals surface area contributed by atoms with Crippen LogP contribution in [0.3, 0.4) is 0 Å². The van der Waals surface area contributed by atoms with E-state index in [2.05, 4.69) is 37.7 Å². The van der Waals surface area contributed by atoms with Crippen LogP contribution in [-0.4, -0.2) is 32.0 Å². The molecule has 0 saturated heterocycles. The Morgan fingerprint density at radius 3 is 2.28 bits per heavy atom. The first-order chi connectivity index (χ1) is 8.18. The Morgan fingerprint density at radius 1 is 1.22 bits per heavy atom. The van der Waals surface area contributed by atoms with E-state index in [0.29, 0.717) is 12.5 Å². The van der Waals surface area contributed by atoms with Crippen LogP contribution in [-0.2, 0) is 4.74 Å². The first kappa shape index (κ1) is 17.7. The Hall–Kier alpha value is -0.290. The maximum Gasteiger partial charge on any atom is 0.411 e. The summed E-state index contributed by atoms with van der Waals surface area (Å²) in [4.78, 5) is 0. The molecule has 0 heterocycles. The van der Waals surface area contributed by atoms with Crippen LogP contribution >= 0.6 is 0 Å². The minimum Gasteiger partial charge on any atom is -0.372 e. The standard InChI is InChI=1S/C13H26F3NO/c1-5-12(4,9-17-11(2)3)7-6-8-18-10-13(14,15)16/h11,17H,5-10H2,1-4H3. The van der Waals surface area contributed by atoms with Gasteiger partial charge in [-0.1, -0.05) is 27.7 Å². The van der Waals surface area contributed by atoms with Gasteiger partial charge in [0.15, 0.2) is 0 Å². The summed E-state index contributed by atoms with van der Waals surface area (Å²) in [7, 11) is 0. The molecular weight excluding hydrogens is 243 g/mol. The first-order valence-electron chi connectivity index (χ1n) is 6.56. The highest BCUT2D eigenvalue weighted by atomic mass is 19.4. The summed E-state index contributed by atoms with van der Waals surface area (Å²) in [5.41, 5.74) is 0.131. The maximum absolute atomic E-state index is 11.9. The summed E-state index contributed by atoms with van der Waals surface area (Å²) < 4.78 is 40.2. The van der Waals surface area contributed by atoms with Crippen molar-refractivity contribution < 1.29 is 17.9 Å². The molecule has 0 aliphatic heterocycles. The smallest absolute Gasteiger partial charge is 0.372 e. The van der Waals surface area contributed by atoms with Gasteiger partial charge in [-0.2, -0.15) is 13.2 Å². The fraction of sp³-hybridized carbons (Fsp3) is 1.00. The van der Waals surface area contributed by atoms with Crippen LogP contribution < -0.4 is 5.32 Å². The lowest BCUT2D eigenvalue weighted by Gasteiger charge is -2.29. The van der Waals surface area contributed by atoms with E-state index in [-0.39, 0.29) is 12.0 Å². The molecule has 0 bridgehead atoms. The van der Waals surface area contributed by atoms with Crippen LogP contribution in [0.1, 0.15) is 47.0 Å².